The van der Waals surface area contributed by atoms with Gasteiger partial charge < -0.3 is 20.9 Å². The first-order valence-electron chi connectivity index (χ1n) is 18.3. The maximum atomic E-state index is 14.2. The second-order valence-electron chi connectivity index (χ2n) is 14.3. The summed E-state index contributed by atoms with van der Waals surface area (Å²) >= 11 is 0. The van der Waals surface area contributed by atoms with Crippen molar-refractivity contribution < 1.29 is 28.0 Å². The first-order valence-corrected chi connectivity index (χ1v) is 18.3. The number of anilines is 2. The largest absolute Gasteiger partial charge is 0.352 e. The minimum atomic E-state index is -2.78. The van der Waals surface area contributed by atoms with Crippen molar-refractivity contribution in [3.05, 3.63) is 70.3 Å². The Kier molecular flexibility index (Phi) is 11.4. The zero-order chi connectivity index (χ0) is 38.8. The van der Waals surface area contributed by atoms with Gasteiger partial charge in [0.25, 0.3) is 6.43 Å². The van der Waals surface area contributed by atoms with Crippen LogP contribution in [0.15, 0.2) is 47.5 Å². The number of fused-ring (bicyclic) bond motifs is 2. The number of halogens is 2. The number of rotatable bonds is 9. The van der Waals surface area contributed by atoms with Crippen LogP contribution >= 0.6 is 0 Å². The van der Waals surface area contributed by atoms with Crippen LogP contribution in [0.5, 0.6) is 0 Å². The molecule has 2 aromatic rings. The maximum absolute atomic E-state index is 14.2. The lowest BCUT2D eigenvalue weighted by Crippen LogP contribution is -2.53. The number of aliphatic imine (C=N–C) groups is 1. The molecule has 4 aliphatic rings. The van der Waals surface area contributed by atoms with Gasteiger partial charge in [-0.15, -0.1) is 0 Å². The van der Waals surface area contributed by atoms with Crippen LogP contribution in [0.25, 0.3) is 0 Å². The summed E-state index contributed by atoms with van der Waals surface area (Å²) in [5, 5.41) is 13.6. The summed E-state index contributed by atoms with van der Waals surface area (Å²) in [5.41, 5.74) is 11.1. The van der Waals surface area contributed by atoms with Crippen LogP contribution in [0, 0.1) is 29.1 Å². The summed E-state index contributed by atoms with van der Waals surface area (Å²) in [6.45, 7) is 7.54. The molecule has 2 saturated heterocycles. The summed E-state index contributed by atoms with van der Waals surface area (Å²) in [5.74, 6) is 4.32. The minimum absolute atomic E-state index is 0.0365. The van der Waals surface area contributed by atoms with Gasteiger partial charge in [0.05, 0.1) is 29.8 Å². The van der Waals surface area contributed by atoms with E-state index in [-0.39, 0.29) is 53.4 Å². The summed E-state index contributed by atoms with van der Waals surface area (Å²) < 4.78 is 28.5. The van der Waals surface area contributed by atoms with Gasteiger partial charge in [-0.3, -0.25) is 34.5 Å². The summed E-state index contributed by atoms with van der Waals surface area (Å²) in [7, 11) is 3.16. The van der Waals surface area contributed by atoms with Crippen molar-refractivity contribution >= 4 is 46.9 Å². The number of aryl methyl sites for hydroxylation is 1. The number of benzene rings is 2. The molecule has 2 aromatic carbocycles. The third-order valence-electron chi connectivity index (χ3n) is 11.0. The number of amides is 4. The number of piperidine rings is 2. The van der Waals surface area contributed by atoms with Gasteiger partial charge in [-0.05, 0) is 67.0 Å². The van der Waals surface area contributed by atoms with Gasteiger partial charge in [-0.25, -0.2) is 13.8 Å². The second kappa shape index (κ2) is 16.0. The molecular weight excluding hydrogens is 694 g/mol. The molecule has 54 heavy (non-hydrogen) atoms. The number of carbonyl (C=O) groups excluding carboxylic acids is 4. The van der Waals surface area contributed by atoms with Gasteiger partial charge in [0, 0.05) is 81.6 Å². The molecule has 4 amide bonds. The lowest BCUT2D eigenvalue weighted by atomic mass is 9.81. The second-order valence-corrected chi connectivity index (χ2v) is 14.3. The molecule has 3 unspecified atom stereocenters. The molecule has 0 spiro atoms. The average Bonchev–Trinajstić information content (AvgIpc) is 3.41. The van der Waals surface area contributed by atoms with E-state index in [1.165, 1.54) is 20.0 Å². The predicted molar refractivity (Wildman–Crippen MR) is 202 cm³/mol. The highest BCUT2D eigenvalue weighted by atomic mass is 19.3. The molecule has 2 fully saturated rings. The van der Waals surface area contributed by atoms with E-state index in [0.29, 0.717) is 67.8 Å². The number of alkyl halides is 2. The molecule has 0 bridgehead atoms. The third kappa shape index (κ3) is 7.43. The molecule has 6 rings (SSSR count). The Balaban J connectivity index is 1.12. The number of hydrogen-bond acceptors (Lipinski definition) is 9. The zero-order valence-corrected chi connectivity index (χ0v) is 30.8. The van der Waals surface area contributed by atoms with Crippen LogP contribution in [-0.2, 0) is 25.6 Å². The molecule has 284 valence electrons. The van der Waals surface area contributed by atoms with Crippen LogP contribution in [0.1, 0.15) is 79.2 Å². The molecule has 0 aliphatic carbocycles. The minimum Gasteiger partial charge on any atom is -0.352 e. The quantitative estimate of drug-likeness (QED) is 0.152. The fourth-order valence-electron chi connectivity index (χ4n) is 8.14. The number of likely N-dealkylation sites (N-methyl/N-ethyl adjacent to an activating group) is 1. The van der Waals surface area contributed by atoms with Crippen molar-refractivity contribution in [1.82, 2.24) is 15.3 Å². The van der Waals surface area contributed by atoms with Crippen LogP contribution in [0.3, 0.4) is 0 Å². The Labute approximate surface area is 313 Å². The molecule has 4 N–H and O–H groups in total. The number of hydrogen-bond donors (Lipinski definition) is 3. The fraction of sp³-hybridized carbons (Fsp3) is 0.450. The van der Waals surface area contributed by atoms with Crippen molar-refractivity contribution in [3.63, 3.8) is 0 Å². The summed E-state index contributed by atoms with van der Waals surface area (Å²) in [4.78, 5) is 58.2. The van der Waals surface area contributed by atoms with E-state index in [9.17, 15) is 28.0 Å². The van der Waals surface area contributed by atoms with Gasteiger partial charge in [-0.1, -0.05) is 30.6 Å². The van der Waals surface area contributed by atoms with Crippen molar-refractivity contribution in [2.75, 3.05) is 50.1 Å². The highest BCUT2D eigenvalue weighted by molar-refractivity contribution is 6.37. The van der Waals surface area contributed by atoms with Crippen LogP contribution in [0.4, 0.5) is 20.2 Å². The number of nitrogens with one attached hydrogen (secondary N) is 2. The number of para-hydroxylation sites is 1. The van der Waals surface area contributed by atoms with E-state index < -0.39 is 30.3 Å². The highest BCUT2D eigenvalue weighted by Gasteiger charge is 2.45. The van der Waals surface area contributed by atoms with E-state index in [2.05, 4.69) is 28.7 Å². The van der Waals surface area contributed by atoms with Crippen molar-refractivity contribution in [2.24, 2.45) is 22.6 Å². The Morgan fingerprint density at radius 2 is 1.91 bits per heavy atom. The number of carbonyl (C=O) groups is 4. The number of imide groups is 1. The topological polar surface area (TPSA) is 156 Å². The van der Waals surface area contributed by atoms with E-state index in [4.69, 9.17) is 11.1 Å². The SMILES string of the molecule is C=C(CN(C(C)=O)N1CCC(C#Cc2cccc3c2N(C)C(=O)C3C2CCC(=O)NC2=O)CC1)C(N)N1CCCc2cc(C(C=N)=NC)c(C(F)F)cc21. The number of nitrogens with zero attached hydrogens (tertiary/aromatic N) is 5. The van der Waals surface area contributed by atoms with Crippen molar-refractivity contribution in [3.8, 4) is 11.8 Å². The fourth-order valence-corrected chi connectivity index (χ4v) is 8.14. The first kappa shape index (κ1) is 38.5. The number of nitrogens with two attached hydrogens (primary N) is 1. The van der Waals surface area contributed by atoms with Gasteiger partial charge in [0.15, 0.2) is 0 Å². The highest BCUT2D eigenvalue weighted by Crippen LogP contribution is 2.44. The molecule has 0 aromatic heterocycles. The van der Waals surface area contributed by atoms with Gasteiger partial charge in [-0.2, -0.15) is 0 Å². The Morgan fingerprint density at radius 3 is 2.56 bits per heavy atom. The van der Waals surface area contributed by atoms with Crippen LogP contribution in [-0.4, -0.2) is 92.0 Å². The molecule has 4 heterocycles. The van der Waals surface area contributed by atoms with Crippen molar-refractivity contribution in [1.29, 1.82) is 5.41 Å². The molecule has 14 heteroatoms. The van der Waals surface area contributed by atoms with Crippen molar-refractivity contribution in [2.45, 2.75) is 64.0 Å². The Bertz CT molecular complexity index is 1980. The molecule has 4 aliphatic heterocycles. The van der Waals surface area contributed by atoms with E-state index >= 15 is 0 Å². The molecule has 0 radical (unpaired) electrons. The maximum Gasteiger partial charge on any atom is 0.264 e. The summed E-state index contributed by atoms with van der Waals surface area (Å²) in [6, 6.07) is 8.68. The molecule has 3 atom stereocenters. The average molecular weight is 741 g/mol. The predicted octanol–water partition coefficient (Wildman–Crippen LogP) is 3.93. The van der Waals surface area contributed by atoms with Crippen LogP contribution in [0.2, 0.25) is 0 Å². The lowest BCUT2D eigenvalue weighted by Gasteiger charge is -2.41. The molecule has 12 nitrogen and oxygen atoms in total. The Hall–Kier alpha value is -5.26. The van der Waals surface area contributed by atoms with Crippen LogP contribution < -0.4 is 20.9 Å². The van der Waals surface area contributed by atoms with E-state index in [1.54, 1.807) is 23.0 Å². The number of hydrazine groups is 1. The molecule has 0 saturated carbocycles. The molecular formula is C40H46F2N8O4. The first-order chi connectivity index (χ1) is 25.8. The normalized spacial score (nSPS) is 21.2. The lowest BCUT2D eigenvalue weighted by molar-refractivity contribution is -0.148. The third-order valence-corrected chi connectivity index (χ3v) is 11.0. The smallest absolute Gasteiger partial charge is 0.264 e. The van der Waals surface area contributed by atoms with E-state index in [1.807, 2.05) is 28.1 Å². The Morgan fingerprint density at radius 1 is 1.17 bits per heavy atom. The van der Waals surface area contributed by atoms with Gasteiger partial charge >= 0.3 is 0 Å². The van der Waals surface area contributed by atoms with Gasteiger partial charge in [0.2, 0.25) is 23.6 Å². The van der Waals surface area contributed by atoms with E-state index in [0.717, 1.165) is 23.8 Å². The van der Waals surface area contributed by atoms with Gasteiger partial charge in [0.1, 0.15) is 6.17 Å². The summed E-state index contributed by atoms with van der Waals surface area (Å²) in [6.07, 6.45) is 0.767. The standard InChI is InChI=1S/C40H46F2N8O4/c1-23(38(44)49-16-6-8-27-19-30(32(21-43)45-3)31(37(41)42)20-33(27)49)22-50(24(2)51)48-17-14-25(15-18-48)10-11-26-7-5-9-28-35(40(54)47(4)36(26)28)29-12-13-34(52)46-39(29)53/h5,7,9,19-21,25,29,35,37-38,43H,1,6,8,12-18,22,44H2,2-4H3,(H,46,52,53). The zero-order valence-electron chi connectivity index (χ0n) is 30.8. The monoisotopic (exact) mass is 740 g/mol.